The largest absolute Gasteiger partial charge is 0.491 e. The van der Waals surface area contributed by atoms with Gasteiger partial charge < -0.3 is 14.6 Å². The van der Waals surface area contributed by atoms with E-state index in [2.05, 4.69) is 20.0 Å². The van der Waals surface area contributed by atoms with Gasteiger partial charge in [0.25, 0.3) is 5.69 Å². The van der Waals surface area contributed by atoms with Crippen LogP contribution in [0.4, 0.5) is 11.4 Å². The predicted octanol–water partition coefficient (Wildman–Crippen LogP) is 2.42. The van der Waals surface area contributed by atoms with Crippen LogP contribution in [0.3, 0.4) is 0 Å². The van der Waals surface area contributed by atoms with E-state index in [0.717, 1.165) is 0 Å². The molecule has 2 rings (SSSR count). The SMILES string of the molecule is CC(C)Oc1cc(NCCc2ncon2)cc([N+](=O)[O-])c1. The Morgan fingerprint density at radius 3 is 2.86 bits per heavy atom. The molecule has 1 aromatic heterocycles. The van der Waals surface area contributed by atoms with E-state index in [-0.39, 0.29) is 11.8 Å². The maximum Gasteiger partial charge on any atom is 0.275 e. The van der Waals surface area contributed by atoms with Gasteiger partial charge in [0.15, 0.2) is 5.82 Å². The second kappa shape index (κ2) is 6.69. The van der Waals surface area contributed by atoms with E-state index in [1.165, 1.54) is 18.5 Å². The first-order valence-electron chi connectivity index (χ1n) is 6.50. The number of nitro groups is 1. The first-order chi connectivity index (χ1) is 10.0. The van der Waals surface area contributed by atoms with Crippen LogP contribution in [0.2, 0.25) is 0 Å². The molecule has 0 saturated carbocycles. The molecule has 0 unspecified atom stereocenters. The van der Waals surface area contributed by atoms with Crippen molar-refractivity contribution in [1.82, 2.24) is 10.1 Å². The zero-order chi connectivity index (χ0) is 15.2. The fourth-order valence-corrected chi connectivity index (χ4v) is 1.75. The van der Waals surface area contributed by atoms with E-state index >= 15 is 0 Å². The smallest absolute Gasteiger partial charge is 0.275 e. The van der Waals surface area contributed by atoms with Crippen LogP contribution < -0.4 is 10.1 Å². The lowest BCUT2D eigenvalue weighted by atomic mass is 10.2. The second-order valence-corrected chi connectivity index (χ2v) is 4.66. The lowest BCUT2D eigenvalue weighted by Gasteiger charge is -2.12. The molecule has 21 heavy (non-hydrogen) atoms. The average Bonchev–Trinajstić information content (AvgIpc) is 2.90. The van der Waals surface area contributed by atoms with Crippen LogP contribution in [0.15, 0.2) is 29.1 Å². The van der Waals surface area contributed by atoms with Gasteiger partial charge in [0, 0.05) is 30.8 Å². The minimum Gasteiger partial charge on any atom is -0.491 e. The van der Waals surface area contributed by atoms with Crippen LogP contribution in [-0.2, 0) is 6.42 Å². The number of nitro benzene ring substituents is 1. The zero-order valence-corrected chi connectivity index (χ0v) is 11.8. The maximum atomic E-state index is 10.9. The van der Waals surface area contributed by atoms with Crippen molar-refractivity contribution in [3.63, 3.8) is 0 Å². The van der Waals surface area contributed by atoms with E-state index in [4.69, 9.17) is 4.74 Å². The zero-order valence-electron chi connectivity index (χ0n) is 11.8. The molecule has 112 valence electrons. The molecule has 1 N–H and O–H groups in total. The molecule has 0 spiro atoms. The number of non-ortho nitro benzene ring substituents is 1. The topological polar surface area (TPSA) is 103 Å². The molecule has 0 aliphatic heterocycles. The molecule has 1 heterocycles. The summed E-state index contributed by atoms with van der Waals surface area (Å²) in [6.45, 7) is 4.26. The van der Waals surface area contributed by atoms with E-state index in [1.807, 2.05) is 13.8 Å². The Morgan fingerprint density at radius 2 is 2.24 bits per heavy atom. The van der Waals surface area contributed by atoms with E-state index in [9.17, 15) is 10.1 Å². The lowest BCUT2D eigenvalue weighted by molar-refractivity contribution is -0.384. The third-order valence-electron chi connectivity index (χ3n) is 2.56. The number of rotatable bonds is 7. The van der Waals surface area contributed by atoms with Crippen LogP contribution in [-0.4, -0.2) is 27.7 Å². The average molecular weight is 292 g/mol. The third-order valence-corrected chi connectivity index (χ3v) is 2.56. The molecule has 0 saturated heterocycles. The van der Waals surface area contributed by atoms with Crippen LogP contribution in [0.25, 0.3) is 0 Å². The van der Waals surface area contributed by atoms with Crippen LogP contribution in [0.1, 0.15) is 19.7 Å². The van der Waals surface area contributed by atoms with Crippen molar-refractivity contribution in [3.8, 4) is 5.75 Å². The minimum absolute atomic E-state index is 0.0183. The Morgan fingerprint density at radius 1 is 1.43 bits per heavy atom. The maximum absolute atomic E-state index is 10.9. The lowest BCUT2D eigenvalue weighted by Crippen LogP contribution is -2.08. The molecule has 0 amide bonds. The molecular weight excluding hydrogens is 276 g/mol. The van der Waals surface area contributed by atoms with Crippen molar-refractivity contribution in [1.29, 1.82) is 0 Å². The highest BCUT2D eigenvalue weighted by atomic mass is 16.6. The monoisotopic (exact) mass is 292 g/mol. The normalized spacial score (nSPS) is 10.6. The van der Waals surface area contributed by atoms with Crippen LogP contribution in [0, 0.1) is 10.1 Å². The van der Waals surface area contributed by atoms with Crippen molar-refractivity contribution in [2.24, 2.45) is 0 Å². The number of anilines is 1. The number of aromatic nitrogens is 2. The third kappa shape index (κ3) is 4.44. The van der Waals surface area contributed by atoms with Gasteiger partial charge in [-0.15, -0.1) is 0 Å². The summed E-state index contributed by atoms with van der Waals surface area (Å²) < 4.78 is 10.1. The van der Waals surface area contributed by atoms with E-state index < -0.39 is 4.92 Å². The van der Waals surface area contributed by atoms with Crippen molar-refractivity contribution in [3.05, 3.63) is 40.5 Å². The molecule has 0 bridgehead atoms. The quantitative estimate of drug-likeness (QED) is 0.617. The molecule has 8 nitrogen and oxygen atoms in total. The number of hydrogen-bond acceptors (Lipinski definition) is 7. The Labute approximate surface area is 121 Å². The van der Waals surface area contributed by atoms with Crippen molar-refractivity contribution < 1.29 is 14.2 Å². The first kappa shape index (κ1) is 14.8. The fraction of sp³-hybridized carbons (Fsp3) is 0.385. The fourth-order valence-electron chi connectivity index (χ4n) is 1.75. The highest BCUT2D eigenvalue weighted by molar-refractivity contribution is 5.56. The number of ether oxygens (including phenoxy) is 1. The summed E-state index contributed by atoms with van der Waals surface area (Å²) in [6, 6.07) is 4.59. The van der Waals surface area contributed by atoms with Crippen LogP contribution in [0.5, 0.6) is 5.75 Å². The summed E-state index contributed by atoms with van der Waals surface area (Å²) in [5.74, 6) is 1.04. The van der Waals surface area contributed by atoms with Crippen molar-refractivity contribution in [2.75, 3.05) is 11.9 Å². The first-order valence-corrected chi connectivity index (χ1v) is 6.50. The van der Waals surface area contributed by atoms with Gasteiger partial charge in [0.1, 0.15) is 5.75 Å². The highest BCUT2D eigenvalue weighted by Gasteiger charge is 2.11. The Kier molecular flexibility index (Phi) is 4.70. The number of nitrogens with zero attached hydrogens (tertiary/aromatic N) is 3. The van der Waals surface area contributed by atoms with E-state index in [0.29, 0.717) is 30.2 Å². The second-order valence-electron chi connectivity index (χ2n) is 4.66. The van der Waals surface area contributed by atoms with Gasteiger partial charge in [-0.05, 0) is 13.8 Å². The van der Waals surface area contributed by atoms with Gasteiger partial charge >= 0.3 is 0 Å². The van der Waals surface area contributed by atoms with E-state index in [1.54, 1.807) is 6.07 Å². The van der Waals surface area contributed by atoms with Gasteiger partial charge in [-0.1, -0.05) is 5.16 Å². The van der Waals surface area contributed by atoms with Gasteiger partial charge in [0.05, 0.1) is 17.1 Å². The summed E-state index contributed by atoms with van der Waals surface area (Å²) >= 11 is 0. The number of nitrogens with one attached hydrogen (secondary N) is 1. The molecule has 8 heteroatoms. The van der Waals surface area contributed by atoms with Gasteiger partial charge in [-0.3, -0.25) is 10.1 Å². The van der Waals surface area contributed by atoms with Gasteiger partial charge in [-0.2, -0.15) is 4.98 Å². The van der Waals surface area contributed by atoms with Crippen molar-refractivity contribution in [2.45, 2.75) is 26.4 Å². The molecule has 2 aromatic rings. The number of benzene rings is 1. The predicted molar refractivity (Wildman–Crippen MR) is 75.4 cm³/mol. The summed E-state index contributed by atoms with van der Waals surface area (Å²) in [7, 11) is 0. The minimum atomic E-state index is -0.447. The molecule has 1 aromatic carbocycles. The molecule has 0 aliphatic carbocycles. The Bertz CT molecular complexity index is 598. The summed E-state index contributed by atoms with van der Waals surface area (Å²) in [4.78, 5) is 14.4. The van der Waals surface area contributed by atoms with Gasteiger partial charge in [0.2, 0.25) is 6.39 Å². The van der Waals surface area contributed by atoms with Crippen molar-refractivity contribution >= 4 is 11.4 Å². The molecular formula is C13H16N4O4. The van der Waals surface area contributed by atoms with Gasteiger partial charge in [-0.25, -0.2) is 0 Å². The highest BCUT2D eigenvalue weighted by Crippen LogP contribution is 2.26. The summed E-state index contributed by atoms with van der Waals surface area (Å²) in [5.41, 5.74) is 0.596. The van der Waals surface area contributed by atoms with Crippen LogP contribution >= 0.6 is 0 Å². The Hall–Kier alpha value is -2.64. The summed E-state index contributed by atoms with van der Waals surface area (Å²) in [6.07, 6.45) is 1.76. The number of hydrogen-bond donors (Lipinski definition) is 1. The molecule has 0 fully saturated rings. The summed E-state index contributed by atoms with van der Waals surface area (Å²) in [5, 5.41) is 17.7. The standard InChI is InChI=1S/C13H16N4O4/c1-9(2)21-12-6-10(5-11(7-12)17(18)19)14-4-3-13-15-8-20-16-13/h5-9,14H,3-4H2,1-2H3. The molecule has 0 radical (unpaired) electrons. The molecule has 0 atom stereocenters. The molecule has 0 aliphatic rings. The Balaban J connectivity index is 2.06.